The second kappa shape index (κ2) is 6.74. The number of thiophene rings is 1. The molecule has 1 N–H and O–H groups in total. The Labute approximate surface area is 136 Å². The Hall–Kier alpha value is -0.480. The molecule has 0 radical (unpaired) electrons. The minimum absolute atomic E-state index is 0.0866. The molecule has 0 amide bonds. The fraction of sp³-hybridized carbons (Fsp3) is 0.583. The first-order valence-electron chi connectivity index (χ1n) is 6.51. The second-order valence-electron chi connectivity index (χ2n) is 4.86. The van der Waals surface area contributed by atoms with Crippen molar-refractivity contribution in [1.82, 2.24) is 9.21 Å². The van der Waals surface area contributed by atoms with Gasteiger partial charge in [-0.1, -0.05) is 0 Å². The molecule has 1 aliphatic rings. The summed E-state index contributed by atoms with van der Waals surface area (Å²) in [6.07, 6.45) is 0.0866. The van der Waals surface area contributed by atoms with Crippen LogP contribution >= 0.6 is 27.3 Å². The molecule has 2 rings (SSSR count). The van der Waals surface area contributed by atoms with Crippen LogP contribution in [0, 0.1) is 6.92 Å². The average molecular weight is 397 g/mol. The molecular weight excluding hydrogens is 380 g/mol. The Bertz CT molecular complexity index is 621. The number of aliphatic carboxylic acids is 1. The summed E-state index contributed by atoms with van der Waals surface area (Å²) in [5.41, 5.74) is 0. The van der Waals surface area contributed by atoms with Crippen molar-refractivity contribution in [2.45, 2.75) is 18.2 Å². The second-order valence-corrected chi connectivity index (χ2v) is 9.40. The first-order valence-corrected chi connectivity index (χ1v) is 9.56. The number of nitrogens with zero attached hydrogens (tertiary/aromatic N) is 2. The number of hydrogen-bond donors (Lipinski definition) is 1. The molecule has 118 valence electrons. The van der Waals surface area contributed by atoms with Gasteiger partial charge in [0.05, 0.1) is 15.1 Å². The molecule has 0 aromatic carbocycles. The predicted octanol–water partition coefficient (Wildman–Crippen LogP) is 1.60. The van der Waals surface area contributed by atoms with E-state index in [1.54, 1.807) is 13.0 Å². The van der Waals surface area contributed by atoms with E-state index in [0.29, 0.717) is 37.6 Å². The van der Waals surface area contributed by atoms with Crippen LogP contribution in [0.2, 0.25) is 0 Å². The van der Waals surface area contributed by atoms with Crippen LogP contribution in [-0.4, -0.2) is 61.4 Å². The third-order valence-corrected chi connectivity index (χ3v) is 7.14. The third-order valence-electron chi connectivity index (χ3n) is 3.43. The van der Waals surface area contributed by atoms with Gasteiger partial charge in [0.1, 0.15) is 0 Å². The summed E-state index contributed by atoms with van der Waals surface area (Å²) in [6.45, 7) is 4.19. The van der Waals surface area contributed by atoms with Gasteiger partial charge in [-0.05, 0) is 28.9 Å². The number of piperazine rings is 1. The molecule has 1 aliphatic heterocycles. The first-order chi connectivity index (χ1) is 9.80. The van der Waals surface area contributed by atoms with Crippen molar-refractivity contribution in [3.63, 3.8) is 0 Å². The van der Waals surface area contributed by atoms with Crippen molar-refractivity contribution in [2.24, 2.45) is 0 Å². The van der Waals surface area contributed by atoms with Gasteiger partial charge < -0.3 is 10.0 Å². The van der Waals surface area contributed by atoms with Crippen molar-refractivity contribution in [2.75, 3.05) is 32.7 Å². The summed E-state index contributed by atoms with van der Waals surface area (Å²) in [7, 11) is -3.46. The highest BCUT2D eigenvalue weighted by Gasteiger charge is 2.30. The van der Waals surface area contributed by atoms with Crippen molar-refractivity contribution in [3.8, 4) is 0 Å². The highest BCUT2D eigenvalue weighted by atomic mass is 79.9. The normalized spacial score (nSPS) is 18.0. The summed E-state index contributed by atoms with van der Waals surface area (Å²) in [5, 5.41) is 8.67. The van der Waals surface area contributed by atoms with Crippen LogP contribution in [0.5, 0.6) is 0 Å². The smallest absolute Gasteiger partial charge is 0.304 e. The van der Waals surface area contributed by atoms with E-state index in [9.17, 15) is 13.2 Å². The van der Waals surface area contributed by atoms with Gasteiger partial charge in [-0.3, -0.25) is 4.79 Å². The fourth-order valence-corrected chi connectivity index (χ4v) is 6.08. The zero-order valence-corrected chi connectivity index (χ0v) is 14.8. The van der Waals surface area contributed by atoms with E-state index in [0.717, 1.165) is 8.66 Å². The van der Waals surface area contributed by atoms with Crippen LogP contribution in [0.15, 0.2) is 14.7 Å². The van der Waals surface area contributed by atoms with Crippen LogP contribution < -0.4 is 0 Å². The predicted molar refractivity (Wildman–Crippen MR) is 84.2 cm³/mol. The van der Waals surface area contributed by atoms with E-state index in [2.05, 4.69) is 15.9 Å². The maximum atomic E-state index is 12.6. The summed E-state index contributed by atoms with van der Waals surface area (Å²) in [6, 6.07) is 1.64. The lowest BCUT2D eigenvalue weighted by molar-refractivity contribution is -0.137. The molecule has 6 nitrogen and oxygen atoms in total. The lowest BCUT2D eigenvalue weighted by Crippen LogP contribution is -2.48. The van der Waals surface area contributed by atoms with Gasteiger partial charge in [0.15, 0.2) is 0 Å². The van der Waals surface area contributed by atoms with Crippen molar-refractivity contribution >= 4 is 43.3 Å². The molecule has 1 fully saturated rings. The molecule has 21 heavy (non-hydrogen) atoms. The minimum Gasteiger partial charge on any atom is -0.481 e. The van der Waals surface area contributed by atoms with E-state index in [-0.39, 0.29) is 6.42 Å². The van der Waals surface area contributed by atoms with Crippen LogP contribution in [0.25, 0.3) is 0 Å². The Balaban J connectivity index is 2.01. The molecule has 0 atom stereocenters. The number of sulfonamides is 1. The van der Waals surface area contributed by atoms with Gasteiger partial charge in [0.25, 0.3) is 0 Å². The van der Waals surface area contributed by atoms with Crippen LogP contribution in [0.4, 0.5) is 0 Å². The average Bonchev–Trinajstić information content (AvgIpc) is 2.76. The topological polar surface area (TPSA) is 77.9 Å². The molecule has 1 saturated heterocycles. The molecule has 0 unspecified atom stereocenters. The van der Waals surface area contributed by atoms with Crippen LogP contribution in [0.1, 0.15) is 11.3 Å². The van der Waals surface area contributed by atoms with Crippen molar-refractivity contribution in [1.29, 1.82) is 0 Å². The number of aryl methyl sites for hydroxylation is 1. The summed E-state index contributed by atoms with van der Waals surface area (Å²) < 4.78 is 27.5. The zero-order valence-electron chi connectivity index (χ0n) is 11.6. The lowest BCUT2D eigenvalue weighted by atomic mass is 10.3. The summed E-state index contributed by atoms with van der Waals surface area (Å²) >= 11 is 4.72. The van der Waals surface area contributed by atoms with Crippen molar-refractivity contribution < 1.29 is 18.3 Å². The minimum atomic E-state index is -3.46. The van der Waals surface area contributed by atoms with Gasteiger partial charge in [0.2, 0.25) is 10.0 Å². The highest BCUT2D eigenvalue weighted by molar-refractivity contribution is 9.11. The third kappa shape index (κ3) is 4.04. The monoisotopic (exact) mass is 396 g/mol. The Morgan fingerprint density at radius 1 is 1.38 bits per heavy atom. The van der Waals surface area contributed by atoms with Gasteiger partial charge in [0, 0.05) is 37.6 Å². The lowest BCUT2D eigenvalue weighted by Gasteiger charge is -2.33. The van der Waals surface area contributed by atoms with Crippen LogP contribution in [0.3, 0.4) is 0 Å². The number of carboxylic acid groups (broad SMARTS) is 1. The quantitative estimate of drug-likeness (QED) is 0.817. The SMILES string of the molecule is Cc1sc(Br)cc1S(=O)(=O)N1CCN(CCC(=O)O)CC1. The van der Waals surface area contributed by atoms with E-state index in [4.69, 9.17) is 5.11 Å². The Kier molecular flexibility index (Phi) is 5.42. The summed E-state index contributed by atoms with van der Waals surface area (Å²) in [4.78, 5) is 13.7. The molecule has 1 aromatic rings. The Morgan fingerprint density at radius 2 is 2.00 bits per heavy atom. The number of halogens is 1. The number of rotatable bonds is 5. The molecule has 0 saturated carbocycles. The largest absolute Gasteiger partial charge is 0.481 e. The van der Waals surface area contributed by atoms with E-state index in [1.807, 2.05) is 4.90 Å². The van der Waals surface area contributed by atoms with Gasteiger partial charge in [-0.15, -0.1) is 11.3 Å². The number of hydrogen-bond acceptors (Lipinski definition) is 5. The van der Waals surface area contributed by atoms with Crippen LogP contribution in [-0.2, 0) is 14.8 Å². The van der Waals surface area contributed by atoms with E-state index >= 15 is 0 Å². The first kappa shape index (κ1) is 16.9. The zero-order chi connectivity index (χ0) is 15.6. The molecule has 0 aliphatic carbocycles. The van der Waals surface area contributed by atoms with Gasteiger partial charge in [-0.25, -0.2) is 8.42 Å². The molecule has 1 aromatic heterocycles. The van der Waals surface area contributed by atoms with E-state index < -0.39 is 16.0 Å². The number of carbonyl (C=O) groups is 1. The standard InChI is InChI=1S/C12H17BrN2O4S2/c1-9-10(8-11(13)20-9)21(18,19)15-6-4-14(5-7-15)3-2-12(16)17/h8H,2-7H2,1H3,(H,16,17). The molecule has 2 heterocycles. The maximum Gasteiger partial charge on any atom is 0.304 e. The molecular formula is C12H17BrN2O4S2. The highest BCUT2D eigenvalue weighted by Crippen LogP contribution is 2.31. The maximum absolute atomic E-state index is 12.6. The van der Waals surface area contributed by atoms with E-state index in [1.165, 1.54) is 15.6 Å². The van der Waals surface area contributed by atoms with Crippen molar-refractivity contribution in [3.05, 3.63) is 14.7 Å². The van der Waals surface area contributed by atoms with Gasteiger partial charge >= 0.3 is 5.97 Å². The van der Waals surface area contributed by atoms with Gasteiger partial charge in [-0.2, -0.15) is 4.31 Å². The number of carboxylic acids is 1. The fourth-order valence-electron chi connectivity index (χ4n) is 2.27. The Morgan fingerprint density at radius 3 is 2.48 bits per heavy atom. The summed E-state index contributed by atoms with van der Waals surface area (Å²) in [5.74, 6) is -0.830. The molecule has 0 bridgehead atoms. The molecule has 0 spiro atoms. The molecule has 9 heteroatoms.